The normalized spacial score (nSPS) is 25.9. The molecule has 1 N–H and O–H groups in total. The summed E-state index contributed by atoms with van der Waals surface area (Å²) in [7, 11) is 0. The van der Waals surface area contributed by atoms with Crippen LogP contribution in [0.2, 0.25) is 0 Å². The number of hydrogen-bond donors (Lipinski definition) is 1. The molecule has 0 radical (unpaired) electrons. The Balaban J connectivity index is 1.85. The highest BCUT2D eigenvalue weighted by Gasteiger charge is 2.23. The van der Waals surface area contributed by atoms with Crippen molar-refractivity contribution in [3.8, 4) is 0 Å². The van der Waals surface area contributed by atoms with Crippen LogP contribution in [0.25, 0.3) is 0 Å². The number of nitrogens with zero attached hydrogens (tertiary/aromatic N) is 1. The molecule has 100 valence electrons. The number of aromatic nitrogens is 1. The number of ether oxygens (including phenoxy) is 1. The highest BCUT2D eigenvalue weighted by molar-refractivity contribution is 5.08. The summed E-state index contributed by atoms with van der Waals surface area (Å²) in [5.41, 5.74) is 1.12. The molecule has 1 saturated heterocycles. The molecule has 2 unspecified atom stereocenters. The van der Waals surface area contributed by atoms with Gasteiger partial charge in [-0.1, -0.05) is 19.4 Å². The predicted molar refractivity (Wildman–Crippen MR) is 73.5 cm³/mol. The van der Waals surface area contributed by atoms with Crippen LogP contribution in [0.5, 0.6) is 0 Å². The molecule has 1 aromatic heterocycles. The third-order valence-electron chi connectivity index (χ3n) is 3.60. The molecular formula is C15H24N2O. The Bertz CT molecular complexity index is 340. The fourth-order valence-electron chi connectivity index (χ4n) is 2.63. The van der Waals surface area contributed by atoms with E-state index in [0.29, 0.717) is 18.2 Å². The third-order valence-corrected chi connectivity index (χ3v) is 3.60. The van der Waals surface area contributed by atoms with Crippen molar-refractivity contribution < 1.29 is 4.74 Å². The zero-order chi connectivity index (χ0) is 12.8. The fraction of sp³-hybridized carbons (Fsp3) is 0.667. The Morgan fingerprint density at radius 2 is 2.39 bits per heavy atom. The summed E-state index contributed by atoms with van der Waals surface area (Å²) in [6.45, 7) is 5.29. The van der Waals surface area contributed by atoms with E-state index in [1.165, 1.54) is 12.8 Å². The molecule has 3 atom stereocenters. The molecule has 0 saturated carbocycles. The van der Waals surface area contributed by atoms with Crippen molar-refractivity contribution in [1.82, 2.24) is 10.3 Å². The van der Waals surface area contributed by atoms with Gasteiger partial charge in [-0.05, 0) is 38.3 Å². The Morgan fingerprint density at radius 1 is 1.50 bits per heavy atom. The van der Waals surface area contributed by atoms with Crippen LogP contribution in [-0.4, -0.2) is 23.7 Å². The van der Waals surface area contributed by atoms with Crippen LogP contribution in [0.1, 0.15) is 51.3 Å². The second kappa shape index (κ2) is 6.86. The first-order chi connectivity index (χ1) is 8.79. The van der Waals surface area contributed by atoms with Gasteiger partial charge >= 0.3 is 0 Å². The van der Waals surface area contributed by atoms with E-state index >= 15 is 0 Å². The molecule has 2 heterocycles. The van der Waals surface area contributed by atoms with Gasteiger partial charge in [0.2, 0.25) is 0 Å². The zero-order valence-corrected chi connectivity index (χ0v) is 11.4. The first-order valence-electron chi connectivity index (χ1n) is 7.08. The molecule has 3 nitrogen and oxygen atoms in total. The van der Waals surface area contributed by atoms with Crippen molar-refractivity contribution in [3.63, 3.8) is 0 Å². The van der Waals surface area contributed by atoms with Gasteiger partial charge < -0.3 is 10.1 Å². The smallest absolute Gasteiger partial charge is 0.0589 e. The minimum atomic E-state index is 0.316. The van der Waals surface area contributed by atoms with E-state index < -0.39 is 0 Å². The lowest BCUT2D eigenvalue weighted by Gasteiger charge is -2.32. The monoisotopic (exact) mass is 248 g/mol. The van der Waals surface area contributed by atoms with Crippen molar-refractivity contribution in [3.05, 3.63) is 30.1 Å². The Morgan fingerprint density at radius 3 is 3.11 bits per heavy atom. The summed E-state index contributed by atoms with van der Waals surface area (Å²) in [5.74, 6) is 0. The molecule has 18 heavy (non-hydrogen) atoms. The van der Waals surface area contributed by atoms with Gasteiger partial charge in [-0.15, -0.1) is 0 Å². The molecule has 0 aliphatic carbocycles. The first-order valence-corrected chi connectivity index (χ1v) is 7.08. The summed E-state index contributed by atoms with van der Waals surface area (Å²) >= 11 is 0. The summed E-state index contributed by atoms with van der Waals surface area (Å²) in [6, 6.07) is 6.97. The van der Waals surface area contributed by atoms with Crippen molar-refractivity contribution in [2.75, 3.05) is 6.61 Å². The lowest BCUT2D eigenvalue weighted by atomic mass is 9.99. The van der Waals surface area contributed by atoms with Gasteiger partial charge in [0.25, 0.3) is 0 Å². The molecule has 3 heteroatoms. The molecule has 1 aliphatic rings. The zero-order valence-electron chi connectivity index (χ0n) is 11.4. The second-order valence-electron chi connectivity index (χ2n) is 5.15. The van der Waals surface area contributed by atoms with Gasteiger partial charge in [-0.2, -0.15) is 0 Å². The average molecular weight is 248 g/mol. The molecule has 2 rings (SSSR count). The van der Waals surface area contributed by atoms with E-state index in [2.05, 4.69) is 30.2 Å². The van der Waals surface area contributed by atoms with Gasteiger partial charge in [-0.3, -0.25) is 4.98 Å². The van der Waals surface area contributed by atoms with E-state index in [9.17, 15) is 0 Å². The van der Waals surface area contributed by atoms with E-state index in [-0.39, 0.29) is 0 Å². The summed E-state index contributed by atoms with van der Waals surface area (Å²) < 4.78 is 5.78. The third kappa shape index (κ3) is 3.79. The SMILES string of the molecule is CCCC1CC(N[C@H](C)c2ccccn2)CCO1. The molecule has 0 bridgehead atoms. The van der Waals surface area contributed by atoms with Crippen molar-refractivity contribution >= 4 is 0 Å². The molecule has 0 aromatic carbocycles. The number of rotatable bonds is 5. The summed E-state index contributed by atoms with van der Waals surface area (Å²) in [4.78, 5) is 4.41. The van der Waals surface area contributed by atoms with Crippen LogP contribution < -0.4 is 5.32 Å². The molecule has 0 amide bonds. The van der Waals surface area contributed by atoms with Crippen LogP contribution in [0.15, 0.2) is 24.4 Å². The van der Waals surface area contributed by atoms with Gasteiger partial charge in [0.15, 0.2) is 0 Å². The van der Waals surface area contributed by atoms with Crippen LogP contribution in [0.3, 0.4) is 0 Å². The molecule has 1 fully saturated rings. The molecule has 0 spiro atoms. The summed E-state index contributed by atoms with van der Waals surface area (Å²) in [5, 5.41) is 3.68. The minimum Gasteiger partial charge on any atom is -0.378 e. The molecule has 1 aliphatic heterocycles. The maximum absolute atomic E-state index is 5.78. The van der Waals surface area contributed by atoms with E-state index in [0.717, 1.165) is 25.1 Å². The molecule has 1 aromatic rings. The minimum absolute atomic E-state index is 0.316. The van der Waals surface area contributed by atoms with Gasteiger partial charge in [0.1, 0.15) is 0 Å². The summed E-state index contributed by atoms with van der Waals surface area (Å²) in [6.07, 6.45) is 6.92. The lowest BCUT2D eigenvalue weighted by molar-refractivity contribution is -0.00480. The van der Waals surface area contributed by atoms with Crippen molar-refractivity contribution in [1.29, 1.82) is 0 Å². The highest BCUT2D eigenvalue weighted by Crippen LogP contribution is 2.20. The van der Waals surface area contributed by atoms with Gasteiger partial charge in [-0.25, -0.2) is 0 Å². The second-order valence-corrected chi connectivity index (χ2v) is 5.15. The number of pyridine rings is 1. The number of nitrogens with one attached hydrogen (secondary N) is 1. The predicted octanol–water partition coefficient (Wildman–Crippen LogP) is 3.08. The van der Waals surface area contributed by atoms with Gasteiger partial charge in [0.05, 0.1) is 11.8 Å². The maximum Gasteiger partial charge on any atom is 0.0589 e. The van der Waals surface area contributed by atoms with Gasteiger partial charge in [0, 0.05) is 24.9 Å². The van der Waals surface area contributed by atoms with Crippen LogP contribution in [0, 0.1) is 0 Å². The Labute approximate surface area is 110 Å². The quantitative estimate of drug-likeness (QED) is 0.869. The van der Waals surface area contributed by atoms with E-state index in [1.807, 2.05) is 18.3 Å². The highest BCUT2D eigenvalue weighted by atomic mass is 16.5. The fourth-order valence-corrected chi connectivity index (χ4v) is 2.63. The van der Waals surface area contributed by atoms with Crippen LogP contribution in [0.4, 0.5) is 0 Å². The maximum atomic E-state index is 5.78. The van der Waals surface area contributed by atoms with Crippen molar-refractivity contribution in [2.45, 2.75) is 57.7 Å². The van der Waals surface area contributed by atoms with Crippen LogP contribution in [-0.2, 0) is 4.74 Å². The van der Waals surface area contributed by atoms with E-state index in [4.69, 9.17) is 4.74 Å². The standard InChI is InChI=1S/C15H24N2O/c1-3-6-14-11-13(8-10-18-14)17-12(2)15-7-4-5-9-16-15/h4-5,7,9,12-14,17H,3,6,8,10-11H2,1-2H3/t12-,13?,14?/m1/s1. The van der Waals surface area contributed by atoms with E-state index in [1.54, 1.807) is 0 Å². The average Bonchev–Trinajstić information content (AvgIpc) is 2.40. The Hall–Kier alpha value is -0.930. The lowest BCUT2D eigenvalue weighted by Crippen LogP contribution is -2.40. The Kier molecular flexibility index (Phi) is 5.14. The number of hydrogen-bond acceptors (Lipinski definition) is 3. The topological polar surface area (TPSA) is 34.2 Å². The van der Waals surface area contributed by atoms with Crippen molar-refractivity contribution in [2.24, 2.45) is 0 Å². The first kappa shape index (κ1) is 13.5. The largest absolute Gasteiger partial charge is 0.378 e. The van der Waals surface area contributed by atoms with Crippen LogP contribution >= 0.6 is 0 Å². The molecular weight excluding hydrogens is 224 g/mol.